The maximum atomic E-state index is 9.31. The van der Waals surface area contributed by atoms with Crippen LogP contribution in [0.5, 0.6) is 0 Å². The molecule has 0 radical (unpaired) electrons. The maximum Gasteiger partial charge on any atom is 0.191 e. The molecule has 0 amide bonds. The predicted octanol–water partition coefficient (Wildman–Crippen LogP) is 2.42. The molecule has 0 bridgehead atoms. The SMILES string of the molecule is CCCCCNC(=NCc1ccccc1CO)NCC. The smallest absolute Gasteiger partial charge is 0.191 e. The van der Waals surface area contributed by atoms with E-state index in [0.29, 0.717) is 6.54 Å². The third kappa shape index (κ3) is 6.06. The number of hydrogen-bond donors (Lipinski definition) is 3. The third-order valence-electron chi connectivity index (χ3n) is 3.11. The molecule has 0 atom stereocenters. The minimum absolute atomic E-state index is 0.0617. The molecule has 0 spiro atoms. The van der Waals surface area contributed by atoms with Gasteiger partial charge in [0.25, 0.3) is 0 Å². The molecule has 0 saturated carbocycles. The van der Waals surface area contributed by atoms with E-state index >= 15 is 0 Å². The molecule has 4 heteroatoms. The third-order valence-corrected chi connectivity index (χ3v) is 3.11. The standard InChI is InChI=1S/C16H27N3O/c1-3-5-8-11-18-16(17-4-2)19-12-14-9-6-7-10-15(14)13-20/h6-7,9-10,20H,3-5,8,11-13H2,1-2H3,(H2,17,18,19). The van der Waals surface area contributed by atoms with E-state index in [1.807, 2.05) is 24.3 Å². The van der Waals surface area contributed by atoms with Crippen molar-refractivity contribution in [2.45, 2.75) is 46.3 Å². The first-order chi connectivity index (χ1) is 9.81. The Kier molecular flexibility index (Phi) is 8.47. The Morgan fingerprint density at radius 3 is 2.50 bits per heavy atom. The van der Waals surface area contributed by atoms with Gasteiger partial charge in [-0.15, -0.1) is 0 Å². The first kappa shape index (κ1) is 16.5. The van der Waals surface area contributed by atoms with Gasteiger partial charge in [0, 0.05) is 13.1 Å². The molecule has 4 nitrogen and oxygen atoms in total. The highest BCUT2D eigenvalue weighted by atomic mass is 16.3. The van der Waals surface area contributed by atoms with Crippen LogP contribution >= 0.6 is 0 Å². The molecule has 0 aliphatic heterocycles. The van der Waals surface area contributed by atoms with Crippen LogP contribution in [0.2, 0.25) is 0 Å². The molecule has 1 aromatic carbocycles. The predicted molar refractivity (Wildman–Crippen MR) is 84.7 cm³/mol. The van der Waals surface area contributed by atoms with Crippen molar-refractivity contribution in [1.29, 1.82) is 0 Å². The average Bonchev–Trinajstić information content (AvgIpc) is 2.49. The summed E-state index contributed by atoms with van der Waals surface area (Å²) in [6.45, 7) is 6.70. The molecular weight excluding hydrogens is 250 g/mol. The summed E-state index contributed by atoms with van der Waals surface area (Å²) in [7, 11) is 0. The minimum atomic E-state index is 0.0617. The van der Waals surface area contributed by atoms with Gasteiger partial charge in [0.05, 0.1) is 13.2 Å². The van der Waals surface area contributed by atoms with Gasteiger partial charge in [0.15, 0.2) is 5.96 Å². The molecule has 0 aromatic heterocycles. The minimum Gasteiger partial charge on any atom is -0.392 e. The van der Waals surface area contributed by atoms with E-state index in [1.165, 1.54) is 12.8 Å². The Morgan fingerprint density at radius 1 is 1.10 bits per heavy atom. The molecule has 3 N–H and O–H groups in total. The molecule has 20 heavy (non-hydrogen) atoms. The van der Waals surface area contributed by atoms with Crippen molar-refractivity contribution in [3.05, 3.63) is 35.4 Å². The second kappa shape index (κ2) is 10.3. The van der Waals surface area contributed by atoms with Crippen LogP contribution in [-0.4, -0.2) is 24.2 Å². The zero-order valence-corrected chi connectivity index (χ0v) is 12.7. The van der Waals surface area contributed by atoms with Gasteiger partial charge < -0.3 is 15.7 Å². The van der Waals surface area contributed by atoms with E-state index < -0.39 is 0 Å². The molecule has 0 unspecified atom stereocenters. The Labute approximate surface area is 122 Å². The van der Waals surface area contributed by atoms with Crippen LogP contribution in [-0.2, 0) is 13.2 Å². The lowest BCUT2D eigenvalue weighted by atomic mass is 10.1. The number of guanidine groups is 1. The van der Waals surface area contributed by atoms with Crippen molar-refractivity contribution in [2.75, 3.05) is 13.1 Å². The molecule has 0 heterocycles. The summed E-state index contributed by atoms with van der Waals surface area (Å²) in [6, 6.07) is 7.86. The van der Waals surface area contributed by atoms with E-state index in [0.717, 1.165) is 36.6 Å². The van der Waals surface area contributed by atoms with Crippen LogP contribution in [0.15, 0.2) is 29.3 Å². The molecule has 0 saturated heterocycles. The fourth-order valence-electron chi connectivity index (χ4n) is 1.95. The van der Waals surface area contributed by atoms with Crippen molar-refractivity contribution >= 4 is 5.96 Å². The first-order valence-corrected chi connectivity index (χ1v) is 7.51. The van der Waals surface area contributed by atoms with Crippen LogP contribution in [0, 0.1) is 0 Å². The van der Waals surface area contributed by atoms with Gasteiger partial charge in [-0.2, -0.15) is 0 Å². The molecule has 112 valence electrons. The summed E-state index contributed by atoms with van der Waals surface area (Å²) < 4.78 is 0. The van der Waals surface area contributed by atoms with Crippen molar-refractivity contribution in [3.63, 3.8) is 0 Å². The van der Waals surface area contributed by atoms with E-state index in [2.05, 4.69) is 29.5 Å². The number of benzene rings is 1. The van der Waals surface area contributed by atoms with E-state index in [9.17, 15) is 5.11 Å². The van der Waals surface area contributed by atoms with Crippen LogP contribution in [0.25, 0.3) is 0 Å². The zero-order chi connectivity index (χ0) is 14.6. The Morgan fingerprint density at radius 2 is 1.85 bits per heavy atom. The lowest BCUT2D eigenvalue weighted by molar-refractivity contribution is 0.280. The molecule has 1 rings (SSSR count). The van der Waals surface area contributed by atoms with Gasteiger partial charge in [-0.1, -0.05) is 44.0 Å². The lowest BCUT2D eigenvalue weighted by Crippen LogP contribution is -2.37. The number of nitrogens with zero attached hydrogens (tertiary/aromatic N) is 1. The molecule has 0 aliphatic rings. The van der Waals surface area contributed by atoms with E-state index in [1.54, 1.807) is 0 Å². The summed E-state index contributed by atoms with van der Waals surface area (Å²) in [5, 5.41) is 15.9. The van der Waals surface area contributed by atoms with Gasteiger partial charge >= 0.3 is 0 Å². The highest BCUT2D eigenvalue weighted by Crippen LogP contribution is 2.09. The number of aliphatic imine (C=N–C) groups is 1. The average molecular weight is 277 g/mol. The number of aliphatic hydroxyl groups is 1. The molecule has 1 aromatic rings. The number of unbranched alkanes of at least 4 members (excludes halogenated alkanes) is 2. The second-order valence-electron chi connectivity index (χ2n) is 4.76. The van der Waals surface area contributed by atoms with Crippen LogP contribution < -0.4 is 10.6 Å². The summed E-state index contributed by atoms with van der Waals surface area (Å²) in [5.74, 6) is 0.844. The highest BCUT2D eigenvalue weighted by molar-refractivity contribution is 5.79. The lowest BCUT2D eigenvalue weighted by Gasteiger charge is -2.11. The summed E-state index contributed by atoms with van der Waals surface area (Å²) in [4.78, 5) is 4.57. The fraction of sp³-hybridized carbons (Fsp3) is 0.562. The monoisotopic (exact) mass is 277 g/mol. The van der Waals surface area contributed by atoms with Crippen LogP contribution in [0.3, 0.4) is 0 Å². The van der Waals surface area contributed by atoms with Gasteiger partial charge in [0.2, 0.25) is 0 Å². The van der Waals surface area contributed by atoms with E-state index in [4.69, 9.17) is 0 Å². The zero-order valence-electron chi connectivity index (χ0n) is 12.7. The molecule has 0 aliphatic carbocycles. The Balaban J connectivity index is 2.57. The van der Waals surface area contributed by atoms with Gasteiger partial charge in [-0.25, -0.2) is 4.99 Å². The maximum absolute atomic E-state index is 9.31. The topological polar surface area (TPSA) is 56.7 Å². The van der Waals surface area contributed by atoms with Crippen molar-refractivity contribution in [1.82, 2.24) is 10.6 Å². The van der Waals surface area contributed by atoms with E-state index in [-0.39, 0.29) is 6.61 Å². The summed E-state index contributed by atoms with van der Waals surface area (Å²) in [5.41, 5.74) is 2.01. The largest absolute Gasteiger partial charge is 0.392 e. The normalized spacial score (nSPS) is 11.4. The summed E-state index contributed by atoms with van der Waals surface area (Å²) >= 11 is 0. The van der Waals surface area contributed by atoms with Crippen molar-refractivity contribution in [3.8, 4) is 0 Å². The molecular formula is C16H27N3O. The van der Waals surface area contributed by atoms with Crippen molar-refractivity contribution < 1.29 is 5.11 Å². The fourth-order valence-corrected chi connectivity index (χ4v) is 1.95. The molecule has 0 fully saturated rings. The number of rotatable bonds is 8. The summed E-state index contributed by atoms with van der Waals surface area (Å²) in [6.07, 6.45) is 3.62. The van der Waals surface area contributed by atoms with Gasteiger partial charge in [-0.05, 0) is 24.5 Å². The van der Waals surface area contributed by atoms with Crippen LogP contribution in [0.1, 0.15) is 44.2 Å². The van der Waals surface area contributed by atoms with Gasteiger partial charge in [0.1, 0.15) is 0 Å². The number of hydrogen-bond acceptors (Lipinski definition) is 2. The Bertz CT molecular complexity index is 404. The Hall–Kier alpha value is -1.55. The van der Waals surface area contributed by atoms with Gasteiger partial charge in [-0.3, -0.25) is 0 Å². The number of aliphatic hydroxyl groups excluding tert-OH is 1. The quantitative estimate of drug-likeness (QED) is 0.388. The highest BCUT2D eigenvalue weighted by Gasteiger charge is 2.01. The second-order valence-corrected chi connectivity index (χ2v) is 4.76. The van der Waals surface area contributed by atoms with Crippen LogP contribution in [0.4, 0.5) is 0 Å². The first-order valence-electron chi connectivity index (χ1n) is 7.51. The number of nitrogens with one attached hydrogen (secondary N) is 2. The van der Waals surface area contributed by atoms with Crippen molar-refractivity contribution in [2.24, 2.45) is 4.99 Å².